The monoisotopic (exact) mass is 388 g/mol. The molecule has 0 aliphatic rings. The van der Waals surface area contributed by atoms with Crippen LogP contribution in [0, 0.1) is 0 Å². The Morgan fingerprint density at radius 2 is 1.52 bits per heavy atom. The first kappa shape index (κ1) is 20.8. The van der Waals surface area contributed by atoms with E-state index >= 15 is 0 Å². The van der Waals surface area contributed by atoms with Gasteiger partial charge in [0.25, 0.3) is 11.8 Å². The van der Waals surface area contributed by atoms with Gasteiger partial charge in [0.15, 0.2) is 6.61 Å². The van der Waals surface area contributed by atoms with Gasteiger partial charge in [-0.2, -0.15) is 0 Å². The Bertz CT molecular complexity index is 766. The Balaban J connectivity index is 1.67. The number of rotatable bonds is 7. The van der Waals surface area contributed by atoms with E-state index in [2.05, 4.69) is 31.4 Å². The summed E-state index contributed by atoms with van der Waals surface area (Å²) in [5.41, 5.74) is 1.82. The van der Waals surface area contributed by atoms with Gasteiger partial charge in [0, 0.05) is 23.7 Å². The first-order chi connectivity index (χ1) is 12.8. The quantitative estimate of drug-likeness (QED) is 0.712. The molecule has 2 rings (SSSR count). The molecule has 0 aromatic heterocycles. The van der Waals surface area contributed by atoms with E-state index in [0.717, 1.165) is 0 Å². The number of halogens is 1. The summed E-state index contributed by atoms with van der Waals surface area (Å²) in [6.45, 7) is 6.95. The molecule has 0 aliphatic heterocycles. The second kappa shape index (κ2) is 9.42. The van der Waals surface area contributed by atoms with Gasteiger partial charge in [0.2, 0.25) is 0 Å². The third-order valence-corrected chi connectivity index (χ3v) is 4.18. The Morgan fingerprint density at radius 1 is 0.926 bits per heavy atom. The van der Waals surface area contributed by atoms with Gasteiger partial charge >= 0.3 is 0 Å². The predicted octanol–water partition coefficient (Wildman–Crippen LogP) is 3.56. The molecule has 2 aromatic carbocycles. The SMILES string of the molecule is CC(C)(C)c1ccc(C(=O)NCCNC(=O)COc2ccc(Cl)cc2)cc1. The minimum Gasteiger partial charge on any atom is -0.484 e. The molecule has 0 spiro atoms. The fraction of sp³-hybridized carbons (Fsp3) is 0.333. The van der Waals surface area contributed by atoms with E-state index < -0.39 is 0 Å². The highest BCUT2D eigenvalue weighted by Crippen LogP contribution is 2.22. The number of benzene rings is 2. The van der Waals surface area contributed by atoms with E-state index in [0.29, 0.717) is 29.4 Å². The average Bonchev–Trinajstić information content (AvgIpc) is 2.64. The van der Waals surface area contributed by atoms with Gasteiger partial charge in [-0.15, -0.1) is 0 Å². The largest absolute Gasteiger partial charge is 0.484 e. The average molecular weight is 389 g/mol. The molecule has 0 atom stereocenters. The molecule has 0 aliphatic carbocycles. The second-order valence-corrected chi connectivity index (χ2v) is 7.61. The van der Waals surface area contributed by atoms with Gasteiger partial charge in [-0.3, -0.25) is 9.59 Å². The summed E-state index contributed by atoms with van der Waals surface area (Å²) in [5.74, 6) is 0.150. The van der Waals surface area contributed by atoms with Crippen LogP contribution in [0.2, 0.25) is 5.02 Å². The zero-order chi connectivity index (χ0) is 19.9. The highest BCUT2D eigenvalue weighted by atomic mass is 35.5. The van der Waals surface area contributed by atoms with Crippen molar-refractivity contribution in [2.45, 2.75) is 26.2 Å². The van der Waals surface area contributed by atoms with Gasteiger partial charge in [0.1, 0.15) is 5.75 Å². The minimum absolute atomic E-state index is 0.0490. The standard InChI is InChI=1S/C21H25ClN2O3/c1-21(2,3)16-6-4-15(5-7-16)20(26)24-13-12-23-19(25)14-27-18-10-8-17(22)9-11-18/h4-11H,12-14H2,1-3H3,(H,23,25)(H,24,26). The number of hydrogen-bond donors (Lipinski definition) is 2. The van der Waals surface area contributed by atoms with Crippen molar-refractivity contribution in [2.24, 2.45) is 0 Å². The molecule has 6 heteroatoms. The fourth-order valence-electron chi connectivity index (χ4n) is 2.33. The van der Waals surface area contributed by atoms with E-state index in [1.54, 1.807) is 24.3 Å². The molecule has 0 radical (unpaired) electrons. The molecule has 2 amide bonds. The van der Waals surface area contributed by atoms with Crippen LogP contribution in [0.1, 0.15) is 36.7 Å². The number of amides is 2. The molecule has 0 unspecified atom stereocenters. The highest BCUT2D eigenvalue weighted by Gasteiger charge is 2.14. The lowest BCUT2D eigenvalue weighted by atomic mass is 9.87. The van der Waals surface area contributed by atoms with Gasteiger partial charge in [-0.05, 0) is 47.4 Å². The molecule has 0 saturated heterocycles. The molecule has 2 N–H and O–H groups in total. The number of ether oxygens (including phenoxy) is 1. The zero-order valence-electron chi connectivity index (χ0n) is 15.8. The van der Waals surface area contributed by atoms with Crippen molar-refractivity contribution >= 4 is 23.4 Å². The van der Waals surface area contributed by atoms with Crippen LogP contribution in [0.4, 0.5) is 0 Å². The lowest BCUT2D eigenvalue weighted by Crippen LogP contribution is -2.36. The molecule has 5 nitrogen and oxygen atoms in total. The first-order valence-electron chi connectivity index (χ1n) is 8.79. The van der Waals surface area contributed by atoms with Gasteiger partial charge in [-0.1, -0.05) is 44.5 Å². The smallest absolute Gasteiger partial charge is 0.258 e. The van der Waals surface area contributed by atoms with Crippen LogP contribution in [0.5, 0.6) is 5.75 Å². The Labute approximate surface area is 165 Å². The van der Waals surface area contributed by atoms with Crippen molar-refractivity contribution in [3.05, 3.63) is 64.7 Å². The molecule has 0 heterocycles. The third kappa shape index (κ3) is 6.94. The van der Waals surface area contributed by atoms with Crippen LogP contribution in [-0.4, -0.2) is 31.5 Å². The van der Waals surface area contributed by atoms with E-state index in [1.165, 1.54) is 5.56 Å². The van der Waals surface area contributed by atoms with E-state index in [1.807, 2.05) is 24.3 Å². The fourth-order valence-corrected chi connectivity index (χ4v) is 2.46. The summed E-state index contributed by atoms with van der Waals surface area (Å²) >= 11 is 5.79. The van der Waals surface area contributed by atoms with Crippen molar-refractivity contribution in [1.29, 1.82) is 0 Å². The van der Waals surface area contributed by atoms with Crippen LogP contribution in [-0.2, 0) is 10.2 Å². The van der Waals surface area contributed by atoms with Crippen molar-refractivity contribution in [3.8, 4) is 5.75 Å². The summed E-state index contributed by atoms with van der Waals surface area (Å²) in [6.07, 6.45) is 0. The van der Waals surface area contributed by atoms with Crippen LogP contribution < -0.4 is 15.4 Å². The summed E-state index contributed by atoms with van der Waals surface area (Å²) in [7, 11) is 0. The van der Waals surface area contributed by atoms with Crippen LogP contribution >= 0.6 is 11.6 Å². The summed E-state index contributed by atoms with van der Waals surface area (Å²) in [4.78, 5) is 23.9. The molecular formula is C21H25ClN2O3. The molecule has 144 valence electrons. The van der Waals surface area contributed by atoms with E-state index in [4.69, 9.17) is 16.3 Å². The molecule has 27 heavy (non-hydrogen) atoms. The molecule has 0 fully saturated rings. The number of hydrogen-bond acceptors (Lipinski definition) is 3. The summed E-state index contributed by atoms with van der Waals surface area (Å²) in [6, 6.07) is 14.3. The van der Waals surface area contributed by atoms with Crippen LogP contribution in [0.25, 0.3) is 0 Å². The molecular weight excluding hydrogens is 364 g/mol. The van der Waals surface area contributed by atoms with E-state index in [9.17, 15) is 9.59 Å². The van der Waals surface area contributed by atoms with Gasteiger partial charge in [-0.25, -0.2) is 0 Å². The highest BCUT2D eigenvalue weighted by molar-refractivity contribution is 6.30. The topological polar surface area (TPSA) is 67.4 Å². The normalized spacial score (nSPS) is 11.0. The van der Waals surface area contributed by atoms with Crippen LogP contribution in [0.15, 0.2) is 48.5 Å². The third-order valence-electron chi connectivity index (χ3n) is 3.93. The predicted molar refractivity (Wildman–Crippen MR) is 107 cm³/mol. The summed E-state index contributed by atoms with van der Waals surface area (Å²) in [5, 5.41) is 6.09. The van der Waals surface area contributed by atoms with Crippen molar-refractivity contribution in [1.82, 2.24) is 10.6 Å². The van der Waals surface area contributed by atoms with Crippen molar-refractivity contribution in [3.63, 3.8) is 0 Å². The Morgan fingerprint density at radius 3 is 2.11 bits per heavy atom. The minimum atomic E-state index is -0.256. The first-order valence-corrected chi connectivity index (χ1v) is 9.17. The zero-order valence-corrected chi connectivity index (χ0v) is 16.6. The number of carbonyl (C=O) groups is 2. The Hall–Kier alpha value is -2.53. The molecule has 2 aromatic rings. The molecule has 0 saturated carbocycles. The lowest BCUT2D eigenvalue weighted by molar-refractivity contribution is -0.123. The Kier molecular flexibility index (Phi) is 7.25. The second-order valence-electron chi connectivity index (χ2n) is 7.18. The maximum atomic E-state index is 12.1. The van der Waals surface area contributed by atoms with Crippen molar-refractivity contribution in [2.75, 3.05) is 19.7 Å². The van der Waals surface area contributed by atoms with E-state index in [-0.39, 0.29) is 23.8 Å². The van der Waals surface area contributed by atoms with Gasteiger partial charge in [0.05, 0.1) is 0 Å². The lowest BCUT2D eigenvalue weighted by Gasteiger charge is -2.19. The number of carbonyl (C=O) groups excluding carboxylic acids is 2. The summed E-state index contributed by atoms with van der Waals surface area (Å²) < 4.78 is 5.35. The maximum Gasteiger partial charge on any atom is 0.258 e. The van der Waals surface area contributed by atoms with Crippen molar-refractivity contribution < 1.29 is 14.3 Å². The maximum absolute atomic E-state index is 12.1. The number of nitrogens with one attached hydrogen (secondary N) is 2. The molecule has 0 bridgehead atoms. The van der Waals surface area contributed by atoms with Crippen LogP contribution in [0.3, 0.4) is 0 Å². The van der Waals surface area contributed by atoms with Gasteiger partial charge < -0.3 is 15.4 Å².